The second-order valence-corrected chi connectivity index (χ2v) is 6.57. The molecule has 0 aromatic heterocycles. The van der Waals surface area contributed by atoms with E-state index >= 15 is 0 Å². The largest absolute Gasteiger partial charge is 0.479 e. The molecule has 1 amide bonds. The van der Waals surface area contributed by atoms with E-state index in [-0.39, 0.29) is 17.4 Å². The standard InChI is InChI=1S/C17H24N2O2/c1-6-9-19-13-10-12(15(18)17(3,4)5)7-8-14(13)21-11(2)16(19)20/h6-8,10-11,15H,1,9,18H2,2-5H3. The summed E-state index contributed by atoms with van der Waals surface area (Å²) in [6, 6.07) is 5.72. The van der Waals surface area contributed by atoms with E-state index in [2.05, 4.69) is 27.4 Å². The smallest absolute Gasteiger partial charge is 0.268 e. The number of ether oxygens (including phenoxy) is 1. The first-order valence-electron chi connectivity index (χ1n) is 7.24. The van der Waals surface area contributed by atoms with Gasteiger partial charge in [-0.3, -0.25) is 4.79 Å². The summed E-state index contributed by atoms with van der Waals surface area (Å²) < 4.78 is 5.67. The van der Waals surface area contributed by atoms with Crippen molar-refractivity contribution in [3.8, 4) is 5.75 Å². The number of anilines is 1. The molecule has 0 bridgehead atoms. The molecule has 1 aliphatic rings. The first-order valence-corrected chi connectivity index (χ1v) is 7.24. The van der Waals surface area contributed by atoms with Crippen LogP contribution >= 0.6 is 0 Å². The van der Waals surface area contributed by atoms with Gasteiger partial charge < -0.3 is 15.4 Å². The van der Waals surface area contributed by atoms with Crippen LogP contribution in [0.15, 0.2) is 30.9 Å². The summed E-state index contributed by atoms with van der Waals surface area (Å²) in [5.74, 6) is 0.665. The van der Waals surface area contributed by atoms with Crippen LogP contribution in [-0.2, 0) is 4.79 Å². The Bertz CT molecular complexity index is 560. The minimum Gasteiger partial charge on any atom is -0.479 e. The average Bonchev–Trinajstić information content (AvgIpc) is 2.41. The van der Waals surface area contributed by atoms with Gasteiger partial charge in [0.05, 0.1) is 5.69 Å². The molecule has 0 radical (unpaired) electrons. The van der Waals surface area contributed by atoms with E-state index in [1.807, 2.05) is 18.2 Å². The highest BCUT2D eigenvalue weighted by atomic mass is 16.5. The van der Waals surface area contributed by atoms with E-state index in [9.17, 15) is 4.79 Å². The molecular weight excluding hydrogens is 264 g/mol. The highest BCUT2D eigenvalue weighted by molar-refractivity contribution is 6.00. The summed E-state index contributed by atoms with van der Waals surface area (Å²) in [7, 11) is 0. The molecule has 0 saturated heterocycles. The fraction of sp³-hybridized carbons (Fsp3) is 0.471. The minimum atomic E-state index is -0.473. The summed E-state index contributed by atoms with van der Waals surface area (Å²) in [5, 5.41) is 0. The SMILES string of the molecule is C=CCN1C(=O)C(C)Oc2ccc(C(N)C(C)(C)C)cc21. The van der Waals surface area contributed by atoms with Gasteiger partial charge in [-0.05, 0) is 30.0 Å². The van der Waals surface area contributed by atoms with Crippen LogP contribution in [0.4, 0.5) is 5.69 Å². The van der Waals surface area contributed by atoms with Gasteiger partial charge in [-0.2, -0.15) is 0 Å². The van der Waals surface area contributed by atoms with Crippen LogP contribution in [0.1, 0.15) is 39.3 Å². The normalized spacial score (nSPS) is 19.8. The summed E-state index contributed by atoms with van der Waals surface area (Å²) in [6.45, 7) is 12.2. The van der Waals surface area contributed by atoms with E-state index in [0.29, 0.717) is 12.3 Å². The topological polar surface area (TPSA) is 55.6 Å². The number of nitrogens with zero attached hydrogens (tertiary/aromatic N) is 1. The van der Waals surface area contributed by atoms with Crippen molar-refractivity contribution in [3.05, 3.63) is 36.4 Å². The zero-order chi connectivity index (χ0) is 15.8. The molecule has 1 aliphatic heterocycles. The number of benzene rings is 1. The molecule has 4 nitrogen and oxygen atoms in total. The summed E-state index contributed by atoms with van der Waals surface area (Å²) in [6.07, 6.45) is 1.25. The number of hydrogen-bond donors (Lipinski definition) is 1. The average molecular weight is 288 g/mol. The summed E-state index contributed by atoms with van der Waals surface area (Å²) in [5.41, 5.74) is 8.05. The molecule has 2 rings (SSSR count). The molecule has 1 heterocycles. The molecule has 21 heavy (non-hydrogen) atoms. The van der Waals surface area contributed by atoms with Gasteiger partial charge in [0.1, 0.15) is 5.75 Å². The Morgan fingerprint density at radius 2 is 2.14 bits per heavy atom. The van der Waals surface area contributed by atoms with Crippen molar-refractivity contribution in [2.45, 2.75) is 39.8 Å². The van der Waals surface area contributed by atoms with Gasteiger partial charge in [-0.15, -0.1) is 6.58 Å². The van der Waals surface area contributed by atoms with Crippen LogP contribution in [-0.4, -0.2) is 18.6 Å². The molecule has 1 aromatic carbocycles. The van der Waals surface area contributed by atoms with Gasteiger partial charge in [0.15, 0.2) is 6.10 Å². The molecule has 0 fully saturated rings. The Balaban J connectivity index is 2.46. The minimum absolute atomic E-state index is 0.0513. The molecule has 0 aliphatic carbocycles. The number of carbonyl (C=O) groups is 1. The van der Waals surface area contributed by atoms with Crippen LogP contribution in [0.5, 0.6) is 5.75 Å². The molecular formula is C17H24N2O2. The molecule has 2 atom stereocenters. The fourth-order valence-electron chi connectivity index (χ4n) is 2.43. The lowest BCUT2D eigenvalue weighted by atomic mass is 9.83. The number of hydrogen-bond acceptors (Lipinski definition) is 3. The van der Waals surface area contributed by atoms with E-state index < -0.39 is 6.10 Å². The Morgan fingerprint density at radius 1 is 1.48 bits per heavy atom. The molecule has 0 saturated carbocycles. The van der Waals surface area contributed by atoms with Gasteiger partial charge in [0.25, 0.3) is 5.91 Å². The predicted octanol–water partition coefficient (Wildman–Crippen LogP) is 3.03. The van der Waals surface area contributed by atoms with Crippen molar-refractivity contribution in [1.82, 2.24) is 0 Å². The number of rotatable bonds is 3. The monoisotopic (exact) mass is 288 g/mol. The van der Waals surface area contributed by atoms with Crippen molar-refractivity contribution in [1.29, 1.82) is 0 Å². The molecule has 4 heteroatoms. The maximum atomic E-state index is 12.3. The third-order valence-corrected chi connectivity index (χ3v) is 3.80. The van der Waals surface area contributed by atoms with Crippen LogP contribution in [0.3, 0.4) is 0 Å². The van der Waals surface area contributed by atoms with Gasteiger partial charge in [-0.25, -0.2) is 0 Å². The highest BCUT2D eigenvalue weighted by Gasteiger charge is 2.32. The predicted molar refractivity (Wildman–Crippen MR) is 85.5 cm³/mol. The highest BCUT2D eigenvalue weighted by Crippen LogP contribution is 2.39. The van der Waals surface area contributed by atoms with Crippen LogP contribution < -0.4 is 15.4 Å². The number of fused-ring (bicyclic) bond motifs is 1. The van der Waals surface area contributed by atoms with Crippen molar-refractivity contribution < 1.29 is 9.53 Å². The van der Waals surface area contributed by atoms with Gasteiger partial charge in [0, 0.05) is 12.6 Å². The van der Waals surface area contributed by atoms with Crippen molar-refractivity contribution in [3.63, 3.8) is 0 Å². The van der Waals surface area contributed by atoms with Crippen molar-refractivity contribution in [2.24, 2.45) is 11.1 Å². The second kappa shape index (κ2) is 5.53. The first-order chi connectivity index (χ1) is 9.75. The first kappa shape index (κ1) is 15.6. The van der Waals surface area contributed by atoms with Crippen LogP contribution in [0, 0.1) is 5.41 Å². The molecule has 114 valence electrons. The lowest BCUT2D eigenvalue weighted by Crippen LogP contribution is -2.44. The number of amides is 1. The molecule has 1 aromatic rings. The molecule has 2 N–H and O–H groups in total. The van der Waals surface area contributed by atoms with Crippen molar-refractivity contribution >= 4 is 11.6 Å². The van der Waals surface area contributed by atoms with Crippen molar-refractivity contribution in [2.75, 3.05) is 11.4 Å². The zero-order valence-electron chi connectivity index (χ0n) is 13.2. The third-order valence-electron chi connectivity index (χ3n) is 3.80. The molecule has 2 unspecified atom stereocenters. The molecule has 0 spiro atoms. The Morgan fingerprint density at radius 3 is 2.71 bits per heavy atom. The fourth-order valence-corrected chi connectivity index (χ4v) is 2.43. The second-order valence-electron chi connectivity index (χ2n) is 6.57. The van der Waals surface area contributed by atoms with E-state index in [1.54, 1.807) is 17.9 Å². The van der Waals surface area contributed by atoms with Gasteiger partial charge in [-0.1, -0.05) is 32.9 Å². The van der Waals surface area contributed by atoms with E-state index in [4.69, 9.17) is 10.5 Å². The van der Waals surface area contributed by atoms with Gasteiger partial charge in [0.2, 0.25) is 0 Å². The van der Waals surface area contributed by atoms with Crippen LogP contribution in [0.2, 0.25) is 0 Å². The van der Waals surface area contributed by atoms with E-state index in [0.717, 1.165) is 11.3 Å². The summed E-state index contributed by atoms with van der Waals surface area (Å²) in [4.78, 5) is 14.0. The Labute approximate surface area is 126 Å². The number of nitrogens with two attached hydrogens (primary N) is 1. The maximum Gasteiger partial charge on any atom is 0.268 e. The lowest BCUT2D eigenvalue weighted by Gasteiger charge is -2.34. The van der Waals surface area contributed by atoms with Gasteiger partial charge >= 0.3 is 0 Å². The Hall–Kier alpha value is -1.81. The van der Waals surface area contributed by atoms with E-state index in [1.165, 1.54) is 0 Å². The quantitative estimate of drug-likeness (QED) is 0.870. The number of carbonyl (C=O) groups excluding carboxylic acids is 1. The maximum absolute atomic E-state index is 12.3. The van der Waals surface area contributed by atoms with Crippen LogP contribution in [0.25, 0.3) is 0 Å². The third kappa shape index (κ3) is 2.95. The zero-order valence-corrected chi connectivity index (χ0v) is 13.2. The Kier molecular flexibility index (Phi) is 4.10. The summed E-state index contributed by atoms with van der Waals surface area (Å²) >= 11 is 0. The lowest BCUT2D eigenvalue weighted by molar-refractivity contribution is -0.125.